The summed E-state index contributed by atoms with van der Waals surface area (Å²) in [6.07, 6.45) is -0.0231. The van der Waals surface area contributed by atoms with Crippen molar-refractivity contribution in [1.82, 2.24) is 0 Å². The van der Waals surface area contributed by atoms with Gasteiger partial charge in [0.1, 0.15) is 0 Å². The third kappa shape index (κ3) is 3.76. The van der Waals surface area contributed by atoms with Crippen LogP contribution in [0.2, 0.25) is 0 Å². The first-order chi connectivity index (χ1) is 3.31. The molecule has 0 aliphatic rings. The molecule has 0 aromatic heterocycles. The minimum atomic E-state index is -0.0231. The average molecular weight is 103 g/mol. The molecule has 1 radical (unpaired) electrons. The summed E-state index contributed by atoms with van der Waals surface area (Å²) >= 11 is 0. The molecule has 1 atom stereocenters. The lowest BCUT2D eigenvalue weighted by Gasteiger charge is -2.04. The highest BCUT2D eigenvalue weighted by Crippen LogP contribution is 1.83. The van der Waals surface area contributed by atoms with Crippen LogP contribution in [-0.4, -0.2) is 26.9 Å². The molecule has 0 amide bonds. The van der Waals surface area contributed by atoms with Gasteiger partial charge in [-0.25, -0.2) is 0 Å². The molecule has 7 heavy (non-hydrogen) atoms. The summed E-state index contributed by atoms with van der Waals surface area (Å²) in [5.74, 6) is 0. The molecular weight excluding hydrogens is 92.1 g/mol. The van der Waals surface area contributed by atoms with E-state index in [-0.39, 0.29) is 6.10 Å². The maximum Gasteiger partial charge on any atom is 0.0805 e. The minimum absolute atomic E-state index is 0.0231. The normalized spacial score (nSPS) is 14.1. The van der Waals surface area contributed by atoms with Crippen molar-refractivity contribution in [3.05, 3.63) is 6.92 Å². The van der Waals surface area contributed by atoms with E-state index >= 15 is 0 Å². The van der Waals surface area contributed by atoms with Crippen LogP contribution in [0.25, 0.3) is 0 Å². The first kappa shape index (κ1) is 6.92. The molecular formula is C5H11O2. The highest BCUT2D eigenvalue weighted by molar-refractivity contribution is 4.54. The Balaban J connectivity index is 2.83. The van der Waals surface area contributed by atoms with Gasteiger partial charge < -0.3 is 9.47 Å². The van der Waals surface area contributed by atoms with Gasteiger partial charge >= 0.3 is 0 Å². The predicted octanol–water partition coefficient (Wildman–Crippen LogP) is 0.482. The molecule has 0 N–H and O–H groups in total. The number of methoxy groups -OCH3 is 2. The zero-order chi connectivity index (χ0) is 5.70. The summed E-state index contributed by atoms with van der Waals surface area (Å²) in [7, 11) is 3.23. The second kappa shape index (κ2) is 4.09. The van der Waals surface area contributed by atoms with Crippen LogP contribution in [0, 0.1) is 6.92 Å². The quantitative estimate of drug-likeness (QED) is 0.517. The maximum absolute atomic E-state index is 4.75. The summed E-state index contributed by atoms with van der Waals surface area (Å²) in [6, 6.07) is 0. The Bertz CT molecular complexity index is 37.1. The van der Waals surface area contributed by atoms with Crippen molar-refractivity contribution in [1.29, 1.82) is 0 Å². The first-order valence-electron chi connectivity index (χ1n) is 2.16. The van der Waals surface area contributed by atoms with E-state index in [1.165, 1.54) is 0 Å². The van der Waals surface area contributed by atoms with E-state index in [4.69, 9.17) is 9.47 Å². The Morgan fingerprint density at radius 1 is 1.57 bits per heavy atom. The number of hydrogen-bond acceptors (Lipinski definition) is 2. The fourth-order valence-electron chi connectivity index (χ4n) is 0.254. The number of ether oxygens (including phenoxy) is 2. The van der Waals surface area contributed by atoms with Crippen LogP contribution in [0.1, 0.15) is 0 Å². The highest BCUT2D eigenvalue weighted by Gasteiger charge is 1.93. The van der Waals surface area contributed by atoms with E-state index in [0.717, 1.165) is 0 Å². The lowest BCUT2D eigenvalue weighted by atomic mass is 10.4. The van der Waals surface area contributed by atoms with Gasteiger partial charge in [0.2, 0.25) is 0 Å². The third-order valence-electron chi connectivity index (χ3n) is 0.686. The molecule has 0 saturated carbocycles. The van der Waals surface area contributed by atoms with Crippen molar-refractivity contribution in [3.8, 4) is 0 Å². The molecule has 2 heteroatoms. The van der Waals surface area contributed by atoms with Crippen molar-refractivity contribution in [2.75, 3.05) is 20.8 Å². The van der Waals surface area contributed by atoms with Crippen LogP contribution in [-0.2, 0) is 9.47 Å². The molecule has 0 saturated heterocycles. The predicted molar refractivity (Wildman–Crippen MR) is 28.0 cm³/mol. The van der Waals surface area contributed by atoms with Crippen molar-refractivity contribution >= 4 is 0 Å². The fraction of sp³-hybridized carbons (Fsp3) is 0.800. The highest BCUT2D eigenvalue weighted by atomic mass is 16.5. The summed E-state index contributed by atoms with van der Waals surface area (Å²) in [6.45, 7) is 4.16. The van der Waals surface area contributed by atoms with Gasteiger partial charge in [-0.2, -0.15) is 0 Å². The van der Waals surface area contributed by atoms with E-state index in [1.807, 2.05) is 0 Å². The van der Waals surface area contributed by atoms with Crippen molar-refractivity contribution in [2.24, 2.45) is 0 Å². The summed E-state index contributed by atoms with van der Waals surface area (Å²) in [5.41, 5.74) is 0. The average Bonchev–Trinajstić information content (AvgIpc) is 1.68. The molecule has 0 bridgehead atoms. The molecule has 0 aromatic rings. The van der Waals surface area contributed by atoms with Crippen LogP contribution in [0.4, 0.5) is 0 Å². The van der Waals surface area contributed by atoms with Crippen molar-refractivity contribution < 1.29 is 9.47 Å². The molecule has 0 heterocycles. The van der Waals surface area contributed by atoms with Gasteiger partial charge in [0.15, 0.2) is 0 Å². The van der Waals surface area contributed by atoms with E-state index in [2.05, 4.69) is 6.92 Å². The van der Waals surface area contributed by atoms with Crippen molar-refractivity contribution in [3.63, 3.8) is 0 Å². The Labute approximate surface area is 44.4 Å². The van der Waals surface area contributed by atoms with Crippen LogP contribution >= 0.6 is 0 Å². The molecule has 0 aliphatic heterocycles. The van der Waals surface area contributed by atoms with Crippen LogP contribution in [0.3, 0.4) is 0 Å². The third-order valence-corrected chi connectivity index (χ3v) is 0.686. The van der Waals surface area contributed by atoms with Gasteiger partial charge in [0.05, 0.1) is 12.7 Å². The molecule has 43 valence electrons. The second-order valence-corrected chi connectivity index (χ2v) is 1.31. The van der Waals surface area contributed by atoms with Gasteiger partial charge in [-0.05, 0) is 6.92 Å². The second-order valence-electron chi connectivity index (χ2n) is 1.31. The smallest absolute Gasteiger partial charge is 0.0805 e. The molecule has 0 aromatic carbocycles. The molecule has 0 spiro atoms. The van der Waals surface area contributed by atoms with Crippen LogP contribution in [0.5, 0.6) is 0 Å². The Kier molecular flexibility index (Phi) is 4.04. The van der Waals surface area contributed by atoms with E-state index in [9.17, 15) is 0 Å². The monoisotopic (exact) mass is 103 g/mol. The van der Waals surface area contributed by atoms with Gasteiger partial charge in [-0.3, -0.25) is 0 Å². The summed E-state index contributed by atoms with van der Waals surface area (Å²) in [5, 5.41) is 0. The first-order valence-corrected chi connectivity index (χ1v) is 2.16. The van der Waals surface area contributed by atoms with E-state index < -0.39 is 0 Å². The van der Waals surface area contributed by atoms with E-state index in [1.54, 1.807) is 14.2 Å². The molecule has 0 rings (SSSR count). The van der Waals surface area contributed by atoms with E-state index in [0.29, 0.717) is 6.61 Å². The molecule has 1 unspecified atom stereocenters. The van der Waals surface area contributed by atoms with Crippen molar-refractivity contribution in [2.45, 2.75) is 6.10 Å². The van der Waals surface area contributed by atoms with Gasteiger partial charge in [-0.1, -0.05) is 0 Å². The fourth-order valence-corrected chi connectivity index (χ4v) is 0.254. The van der Waals surface area contributed by atoms with Gasteiger partial charge in [0, 0.05) is 14.2 Å². The zero-order valence-electron chi connectivity index (χ0n) is 4.81. The molecule has 0 aliphatic carbocycles. The summed E-state index contributed by atoms with van der Waals surface area (Å²) in [4.78, 5) is 0. The van der Waals surface area contributed by atoms with Crippen LogP contribution < -0.4 is 0 Å². The lowest BCUT2D eigenvalue weighted by Crippen LogP contribution is -2.11. The molecule has 2 nitrogen and oxygen atoms in total. The largest absolute Gasteiger partial charge is 0.382 e. The minimum Gasteiger partial charge on any atom is -0.382 e. The standard InChI is InChI=1S/C5H11O2/c1-5(7-3)4-6-2/h5H,1,4H2,2-3H3. The topological polar surface area (TPSA) is 18.5 Å². The zero-order valence-corrected chi connectivity index (χ0v) is 4.81. The van der Waals surface area contributed by atoms with Gasteiger partial charge in [-0.15, -0.1) is 0 Å². The van der Waals surface area contributed by atoms with Gasteiger partial charge in [0.25, 0.3) is 0 Å². The Hall–Kier alpha value is -0.0800. The number of rotatable bonds is 3. The number of hydrogen-bond donors (Lipinski definition) is 0. The molecule has 0 fully saturated rings. The summed E-state index contributed by atoms with van der Waals surface area (Å²) < 4.78 is 9.46. The van der Waals surface area contributed by atoms with Crippen LogP contribution in [0.15, 0.2) is 0 Å². The Morgan fingerprint density at radius 2 is 2.14 bits per heavy atom. The Morgan fingerprint density at radius 3 is 2.29 bits per heavy atom. The lowest BCUT2D eigenvalue weighted by molar-refractivity contribution is 0.0555. The SMILES string of the molecule is [CH2]C(COC)OC. The maximum atomic E-state index is 4.75.